The van der Waals surface area contributed by atoms with Crippen LogP contribution in [-0.4, -0.2) is 55.9 Å². The number of para-hydroxylation sites is 1. The number of hydrogen-bond acceptors (Lipinski definition) is 6. The predicted octanol–water partition coefficient (Wildman–Crippen LogP) is 3.96. The maximum atomic E-state index is 13.2. The number of hydrogen-bond donors (Lipinski definition) is 1. The number of methoxy groups -OCH3 is 1. The van der Waals surface area contributed by atoms with E-state index < -0.39 is 0 Å². The van der Waals surface area contributed by atoms with Gasteiger partial charge in [0.2, 0.25) is 0 Å². The van der Waals surface area contributed by atoms with E-state index in [1.54, 1.807) is 38.1 Å². The number of carbonyl (C=O) groups excluding carboxylic acids is 1. The Labute approximate surface area is 204 Å². The van der Waals surface area contributed by atoms with Gasteiger partial charge < -0.3 is 14.6 Å². The van der Waals surface area contributed by atoms with Gasteiger partial charge in [0.05, 0.1) is 18.4 Å². The second-order valence-corrected chi connectivity index (χ2v) is 8.78. The Morgan fingerprint density at radius 3 is 2.77 bits per heavy atom. The van der Waals surface area contributed by atoms with Gasteiger partial charge >= 0.3 is 0 Å². The highest BCUT2D eigenvalue weighted by molar-refractivity contribution is 5.94. The summed E-state index contributed by atoms with van der Waals surface area (Å²) in [6.07, 6.45) is 12.0. The molecule has 178 valence electrons. The van der Waals surface area contributed by atoms with Gasteiger partial charge in [-0.1, -0.05) is 18.2 Å². The molecule has 1 amide bonds. The fraction of sp³-hybridized carbons (Fsp3) is 0.296. The first-order chi connectivity index (χ1) is 17.2. The quantitative estimate of drug-likeness (QED) is 0.441. The van der Waals surface area contributed by atoms with Crippen molar-refractivity contribution in [2.45, 2.75) is 25.7 Å². The molecule has 35 heavy (non-hydrogen) atoms. The van der Waals surface area contributed by atoms with Crippen LogP contribution in [0.5, 0.6) is 5.75 Å². The van der Waals surface area contributed by atoms with Crippen LogP contribution in [0, 0.1) is 5.92 Å². The number of benzene rings is 1. The van der Waals surface area contributed by atoms with Crippen LogP contribution in [0.4, 0.5) is 0 Å². The maximum Gasteiger partial charge on any atom is 0.255 e. The predicted molar refractivity (Wildman–Crippen MR) is 132 cm³/mol. The number of ether oxygens (including phenoxy) is 1. The van der Waals surface area contributed by atoms with Gasteiger partial charge in [-0.15, -0.1) is 0 Å². The van der Waals surface area contributed by atoms with Crippen molar-refractivity contribution in [2.24, 2.45) is 5.92 Å². The van der Waals surface area contributed by atoms with Crippen LogP contribution in [0.2, 0.25) is 0 Å². The van der Waals surface area contributed by atoms with E-state index in [2.05, 4.69) is 24.9 Å². The highest BCUT2D eigenvalue weighted by atomic mass is 16.5. The summed E-state index contributed by atoms with van der Waals surface area (Å²) in [6, 6.07) is 11.7. The first-order valence-electron chi connectivity index (χ1n) is 11.9. The molecule has 1 aliphatic rings. The molecule has 1 saturated heterocycles. The van der Waals surface area contributed by atoms with Crippen molar-refractivity contribution in [1.82, 2.24) is 29.8 Å². The van der Waals surface area contributed by atoms with Crippen LogP contribution in [-0.2, 0) is 12.8 Å². The van der Waals surface area contributed by atoms with Crippen molar-refractivity contribution < 1.29 is 9.53 Å². The normalized spacial score (nSPS) is 15.7. The van der Waals surface area contributed by atoms with E-state index in [1.807, 2.05) is 41.3 Å². The first kappa shape index (κ1) is 22.7. The van der Waals surface area contributed by atoms with Gasteiger partial charge in [-0.05, 0) is 43.4 Å². The van der Waals surface area contributed by atoms with Gasteiger partial charge in [0.1, 0.15) is 11.4 Å². The summed E-state index contributed by atoms with van der Waals surface area (Å²) in [5.74, 6) is 1.90. The maximum absolute atomic E-state index is 13.2. The molecular weight excluding hydrogens is 440 g/mol. The van der Waals surface area contributed by atoms with Crippen LogP contribution >= 0.6 is 0 Å². The van der Waals surface area contributed by atoms with Crippen molar-refractivity contribution >= 4 is 5.91 Å². The summed E-state index contributed by atoms with van der Waals surface area (Å²) in [7, 11) is 1.67. The van der Waals surface area contributed by atoms with E-state index in [-0.39, 0.29) is 5.91 Å². The molecule has 1 aliphatic heterocycles. The standard InChI is InChI=1S/C27H28N6O2/c1-35-24-7-3-2-6-20(24)16-22-9-8-21(17-32-22)27(34)33-14-4-5-19(18-33)15-23-25(29-11-10-28-23)26-30-12-13-31-26/h2-3,6-13,17,19H,4-5,14-16,18H2,1H3,(H,30,31)/t19-/m1/s1. The molecule has 0 aliphatic carbocycles. The number of imidazole rings is 1. The van der Waals surface area contributed by atoms with Gasteiger partial charge in [0.25, 0.3) is 5.91 Å². The van der Waals surface area contributed by atoms with Crippen LogP contribution in [0.25, 0.3) is 11.5 Å². The van der Waals surface area contributed by atoms with Crippen molar-refractivity contribution in [3.8, 4) is 17.3 Å². The van der Waals surface area contributed by atoms with E-state index >= 15 is 0 Å². The minimum atomic E-state index is 0.0245. The number of pyridine rings is 1. The number of carbonyl (C=O) groups is 1. The molecule has 0 unspecified atom stereocenters. The van der Waals surface area contributed by atoms with Crippen LogP contribution < -0.4 is 4.74 Å². The van der Waals surface area contributed by atoms with Crippen molar-refractivity contribution in [1.29, 1.82) is 0 Å². The van der Waals surface area contributed by atoms with Gasteiger partial charge in [0.15, 0.2) is 5.82 Å². The molecule has 3 aromatic heterocycles. The molecule has 0 spiro atoms. The third-order valence-corrected chi connectivity index (χ3v) is 6.42. The lowest BCUT2D eigenvalue weighted by Gasteiger charge is -2.33. The molecule has 0 radical (unpaired) electrons. The largest absolute Gasteiger partial charge is 0.496 e. The summed E-state index contributed by atoms with van der Waals surface area (Å²) in [5, 5.41) is 0. The number of aromatic amines is 1. The number of rotatable bonds is 7. The highest BCUT2D eigenvalue weighted by Crippen LogP contribution is 2.25. The summed E-state index contributed by atoms with van der Waals surface area (Å²) in [4.78, 5) is 36.2. The van der Waals surface area contributed by atoms with Crippen LogP contribution in [0.15, 0.2) is 67.4 Å². The Morgan fingerprint density at radius 2 is 1.97 bits per heavy atom. The lowest BCUT2D eigenvalue weighted by Crippen LogP contribution is -2.40. The van der Waals surface area contributed by atoms with Crippen molar-refractivity contribution in [2.75, 3.05) is 20.2 Å². The number of nitrogens with one attached hydrogen (secondary N) is 1. The fourth-order valence-corrected chi connectivity index (χ4v) is 4.68. The zero-order chi connectivity index (χ0) is 24.0. The molecule has 0 bridgehead atoms. The fourth-order valence-electron chi connectivity index (χ4n) is 4.68. The minimum Gasteiger partial charge on any atom is -0.496 e. The summed E-state index contributed by atoms with van der Waals surface area (Å²) in [6.45, 7) is 1.44. The smallest absolute Gasteiger partial charge is 0.255 e. The lowest BCUT2D eigenvalue weighted by atomic mass is 9.92. The average Bonchev–Trinajstić information content (AvgIpc) is 3.44. The second kappa shape index (κ2) is 10.5. The Hall–Kier alpha value is -4.07. The molecule has 1 N–H and O–H groups in total. The van der Waals surface area contributed by atoms with Gasteiger partial charge in [0, 0.05) is 61.8 Å². The molecule has 1 atom stereocenters. The monoisotopic (exact) mass is 468 g/mol. The van der Waals surface area contributed by atoms with Gasteiger partial charge in [-0.25, -0.2) is 9.97 Å². The number of likely N-dealkylation sites (tertiary alicyclic amines) is 1. The summed E-state index contributed by atoms with van der Waals surface area (Å²) < 4.78 is 5.44. The molecule has 8 heteroatoms. The summed E-state index contributed by atoms with van der Waals surface area (Å²) in [5.41, 5.74) is 4.26. The van der Waals surface area contributed by atoms with Crippen molar-refractivity contribution in [3.63, 3.8) is 0 Å². The van der Waals surface area contributed by atoms with Crippen LogP contribution in [0.3, 0.4) is 0 Å². The third-order valence-electron chi connectivity index (χ3n) is 6.42. The molecular formula is C27H28N6O2. The molecule has 4 heterocycles. The Bertz CT molecular complexity index is 1270. The second-order valence-electron chi connectivity index (χ2n) is 8.78. The average molecular weight is 469 g/mol. The number of amides is 1. The Balaban J connectivity index is 1.24. The van der Waals surface area contributed by atoms with Crippen molar-refractivity contribution in [3.05, 3.63) is 89.9 Å². The Kier molecular flexibility index (Phi) is 6.79. The lowest BCUT2D eigenvalue weighted by molar-refractivity contribution is 0.0672. The Morgan fingerprint density at radius 1 is 1.09 bits per heavy atom. The number of aromatic nitrogens is 5. The molecule has 1 aromatic carbocycles. The molecule has 4 aromatic rings. The van der Waals surface area contributed by atoms with E-state index in [1.165, 1.54) is 0 Å². The van der Waals surface area contributed by atoms with E-state index in [4.69, 9.17) is 4.74 Å². The van der Waals surface area contributed by atoms with Gasteiger partial charge in [-0.2, -0.15) is 0 Å². The van der Waals surface area contributed by atoms with E-state index in [0.29, 0.717) is 24.4 Å². The zero-order valence-corrected chi connectivity index (χ0v) is 19.7. The molecule has 1 fully saturated rings. The van der Waals surface area contributed by atoms with Crippen LogP contribution in [0.1, 0.15) is 40.2 Å². The highest BCUT2D eigenvalue weighted by Gasteiger charge is 2.26. The summed E-state index contributed by atoms with van der Waals surface area (Å²) >= 11 is 0. The zero-order valence-electron chi connectivity index (χ0n) is 19.7. The SMILES string of the molecule is COc1ccccc1Cc1ccc(C(=O)N2CCC[C@H](Cc3nccnc3-c3ncc[nH]3)C2)cn1. The molecule has 0 saturated carbocycles. The molecule has 5 rings (SSSR count). The number of H-pyrrole nitrogens is 1. The van der Waals surface area contributed by atoms with E-state index in [9.17, 15) is 4.79 Å². The first-order valence-corrected chi connectivity index (χ1v) is 11.9. The van der Waals surface area contributed by atoms with E-state index in [0.717, 1.165) is 60.0 Å². The minimum absolute atomic E-state index is 0.0245. The third kappa shape index (κ3) is 5.21. The number of piperidine rings is 1. The number of nitrogens with zero attached hydrogens (tertiary/aromatic N) is 5. The van der Waals surface area contributed by atoms with Gasteiger partial charge in [-0.3, -0.25) is 14.8 Å². The topological polar surface area (TPSA) is 96.9 Å². The molecule has 8 nitrogen and oxygen atoms in total.